The van der Waals surface area contributed by atoms with Crippen LogP contribution in [0, 0.1) is 17.2 Å². The van der Waals surface area contributed by atoms with Crippen LogP contribution in [0.1, 0.15) is 23.8 Å². The van der Waals surface area contributed by atoms with Crippen molar-refractivity contribution in [2.45, 2.75) is 25.2 Å². The Kier molecular flexibility index (Phi) is 6.94. The molecule has 35 heavy (non-hydrogen) atoms. The first-order valence-electron chi connectivity index (χ1n) is 11.4. The predicted molar refractivity (Wildman–Crippen MR) is 141 cm³/mol. The molecule has 8 heteroatoms. The minimum Gasteiger partial charge on any atom is -0.403 e. The molecule has 1 aliphatic heterocycles. The number of nitrogens with two attached hydrogens (primary N) is 2. The number of nitrogens with one attached hydrogen (secondary N) is 1. The van der Waals surface area contributed by atoms with Crippen LogP contribution >= 0.6 is 11.3 Å². The molecule has 0 radical (unpaired) electrons. The first-order chi connectivity index (χ1) is 16.8. The van der Waals surface area contributed by atoms with Crippen LogP contribution in [0.5, 0.6) is 0 Å². The van der Waals surface area contributed by atoms with E-state index >= 15 is 0 Å². The average molecular weight is 487 g/mol. The number of hydrogen-bond acceptors (Lipinski definition) is 7. The van der Waals surface area contributed by atoms with Crippen LogP contribution in [-0.4, -0.2) is 31.2 Å². The number of nitriles is 1. The lowest BCUT2D eigenvalue weighted by molar-refractivity contribution is -0.146. The number of carbonyl (C=O) groups excluding carboxylic acids is 1. The number of carbonyl (C=O) groups is 1. The van der Waals surface area contributed by atoms with E-state index < -0.39 is 17.7 Å². The van der Waals surface area contributed by atoms with Crippen LogP contribution in [0.3, 0.4) is 0 Å². The van der Waals surface area contributed by atoms with Gasteiger partial charge in [0.25, 0.3) is 0 Å². The molecule has 0 aliphatic carbocycles. The first kappa shape index (κ1) is 24.5. The lowest BCUT2D eigenvalue weighted by Gasteiger charge is -2.48. The standard InChI is InChI=1S/C27H30N6OS/c1-27(24-13-20(17-35-24)19-9-7-8-18(12-19)15-28)23(25(34)33(3)26(30)31-27)14-22(16-29)32(2)21-10-5-4-6-11-21/h4-13,16-17,23,26,31H,14,29-30H2,1-3H3/b22-16-/t23?,26?,27-/m0/s1. The van der Waals surface area contributed by atoms with Crippen LogP contribution in [0.25, 0.3) is 11.1 Å². The summed E-state index contributed by atoms with van der Waals surface area (Å²) in [7, 11) is 3.67. The molecule has 3 atom stereocenters. The molecule has 7 nitrogen and oxygen atoms in total. The molecule has 1 amide bonds. The number of amides is 1. The molecule has 2 aromatic carbocycles. The van der Waals surface area contributed by atoms with Gasteiger partial charge in [0, 0.05) is 43.0 Å². The summed E-state index contributed by atoms with van der Waals surface area (Å²) < 4.78 is 0. The van der Waals surface area contributed by atoms with Crippen LogP contribution in [0.4, 0.5) is 5.69 Å². The quantitative estimate of drug-likeness (QED) is 0.489. The number of thiophene rings is 1. The summed E-state index contributed by atoms with van der Waals surface area (Å²) in [5.74, 6) is -0.480. The summed E-state index contributed by atoms with van der Waals surface area (Å²) >= 11 is 1.58. The fourth-order valence-corrected chi connectivity index (χ4v) is 5.64. The maximum Gasteiger partial charge on any atom is 0.230 e. The van der Waals surface area contributed by atoms with E-state index in [0.29, 0.717) is 12.0 Å². The average Bonchev–Trinajstić information content (AvgIpc) is 3.39. The number of allylic oxidation sites excluding steroid dienone is 1. The van der Waals surface area contributed by atoms with Crippen molar-refractivity contribution in [3.8, 4) is 17.2 Å². The maximum atomic E-state index is 13.6. The van der Waals surface area contributed by atoms with Crippen molar-refractivity contribution in [3.63, 3.8) is 0 Å². The maximum absolute atomic E-state index is 13.6. The number of anilines is 1. The summed E-state index contributed by atoms with van der Waals surface area (Å²) in [5, 5.41) is 14.8. The fourth-order valence-electron chi connectivity index (χ4n) is 4.54. The van der Waals surface area contributed by atoms with Crippen molar-refractivity contribution in [3.05, 3.63) is 88.4 Å². The fraction of sp³-hybridized carbons (Fsp3) is 0.259. The normalized spacial score (nSPS) is 22.7. The smallest absolute Gasteiger partial charge is 0.230 e. The molecule has 180 valence electrons. The summed E-state index contributed by atoms with van der Waals surface area (Å²) in [5.41, 5.74) is 16.1. The Bertz CT molecular complexity index is 1280. The minimum absolute atomic E-state index is 0.0408. The third kappa shape index (κ3) is 4.66. The van der Waals surface area contributed by atoms with Gasteiger partial charge < -0.3 is 15.5 Å². The Labute approximate surface area is 210 Å². The number of benzene rings is 2. The van der Waals surface area contributed by atoms with E-state index in [0.717, 1.165) is 27.4 Å². The second kappa shape index (κ2) is 9.92. The van der Waals surface area contributed by atoms with Crippen LogP contribution in [-0.2, 0) is 10.3 Å². The Morgan fingerprint density at radius 1 is 1.23 bits per heavy atom. The van der Waals surface area contributed by atoms with Gasteiger partial charge in [0.1, 0.15) is 6.29 Å². The highest BCUT2D eigenvalue weighted by Crippen LogP contribution is 2.42. The molecule has 0 saturated carbocycles. The molecule has 4 rings (SSSR count). The van der Waals surface area contributed by atoms with Crippen molar-refractivity contribution in [1.29, 1.82) is 5.26 Å². The van der Waals surface area contributed by atoms with Crippen molar-refractivity contribution in [1.82, 2.24) is 10.2 Å². The third-order valence-corrected chi connectivity index (χ3v) is 7.99. The van der Waals surface area contributed by atoms with Crippen LogP contribution < -0.4 is 21.7 Å². The van der Waals surface area contributed by atoms with E-state index in [1.807, 2.05) is 67.4 Å². The zero-order chi connectivity index (χ0) is 25.2. The largest absolute Gasteiger partial charge is 0.403 e. The van der Waals surface area contributed by atoms with Gasteiger partial charge in [0.05, 0.1) is 23.1 Å². The Morgan fingerprint density at radius 3 is 2.66 bits per heavy atom. The highest BCUT2D eigenvalue weighted by atomic mass is 32.1. The number of nitrogens with zero attached hydrogens (tertiary/aromatic N) is 3. The van der Waals surface area contributed by atoms with Gasteiger partial charge in [-0.2, -0.15) is 5.26 Å². The highest BCUT2D eigenvalue weighted by Gasteiger charge is 2.49. The van der Waals surface area contributed by atoms with Gasteiger partial charge >= 0.3 is 0 Å². The van der Waals surface area contributed by atoms with Gasteiger partial charge in [-0.15, -0.1) is 11.3 Å². The zero-order valence-corrected chi connectivity index (χ0v) is 20.9. The number of hydrogen-bond donors (Lipinski definition) is 3. The van der Waals surface area contributed by atoms with Gasteiger partial charge in [-0.3, -0.25) is 15.8 Å². The van der Waals surface area contributed by atoms with E-state index in [2.05, 4.69) is 22.8 Å². The van der Waals surface area contributed by atoms with Crippen molar-refractivity contribution in [2.75, 3.05) is 19.0 Å². The topological polar surface area (TPSA) is 111 Å². The highest BCUT2D eigenvalue weighted by molar-refractivity contribution is 7.10. The first-order valence-corrected chi connectivity index (χ1v) is 12.3. The van der Waals surface area contributed by atoms with Gasteiger partial charge in [0.15, 0.2) is 0 Å². The zero-order valence-electron chi connectivity index (χ0n) is 20.1. The number of para-hydroxylation sites is 1. The van der Waals surface area contributed by atoms with E-state index in [4.69, 9.17) is 11.5 Å². The molecule has 1 fully saturated rings. The Morgan fingerprint density at radius 2 is 1.97 bits per heavy atom. The van der Waals surface area contributed by atoms with Gasteiger partial charge in [-0.25, -0.2) is 0 Å². The molecular formula is C27H30N6OS. The summed E-state index contributed by atoms with van der Waals surface area (Å²) in [6.45, 7) is 2.03. The van der Waals surface area contributed by atoms with Crippen LogP contribution in [0.15, 0.2) is 77.9 Å². The molecule has 0 spiro atoms. The van der Waals surface area contributed by atoms with Crippen molar-refractivity contribution >= 4 is 22.9 Å². The minimum atomic E-state index is -0.718. The molecule has 1 aliphatic rings. The Hall–Kier alpha value is -3.64. The monoisotopic (exact) mass is 486 g/mol. The molecule has 0 bridgehead atoms. The second-order valence-corrected chi connectivity index (χ2v) is 9.85. The molecular weight excluding hydrogens is 456 g/mol. The second-order valence-electron chi connectivity index (χ2n) is 8.94. The van der Waals surface area contributed by atoms with E-state index in [1.165, 1.54) is 0 Å². The molecule has 2 unspecified atom stereocenters. The third-order valence-electron chi connectivity index (χ3n) is 6.82. The summed E-state index contributed by atoms with van der Waals surface area (Å²) in [4.78, 5) is 18.1. The van der Waals surface area contributed by atoms with Gasteiger partial charge in [-0.05, 0) is 53.8 Å². The molecule has 3 aromatic rings. The predicted octanol–water partition coefficient (Wildman–Crippen LogP) is 3.75. The van der Waals surface area contributed by atoms with Gasteiger partial charge in [0.2, 0.25) is 5.91 Å². The lowest BCUT2D eigenvalue weighted by Crippen LogP contribution is -2.69. The SMILES string of the molecule is CN(/C(=C\N)CC1C(=O)N(C)C(N)N[C@]1(C)c1cc(-c2cccc(C#N)c2)cs1)c1ccccc1. The van der Waals surface area contributed by atoms with Gasteiger partial charge in [-0.1, -0.05) is 30.3 Å². The Balaban J connectivity index is 1.70. The van der Waals surface area contributed by atoms with Crippen molar-refractivity contribution < 1.29 is 4.79 Å². The lowest BCUT2D eigenvalue weighted by atomic mass is 9.78. The molecule has 5 N–H and O–H groups in total. The van der Waals surface area contributed by atoms with E-state index in [1.54, 1.807) is 35.6 Å². The summed E-state index contributed by atoms with van der Waals surface area (Å²) in [6, 6.07) is 21.7. The molecule has 2 heterocycles. The van der Waals surface area contributed by atoms with Crippen molar-refractivity contribution in [2.24, 2.45) is 17.4 Å². The number of rotatable bonds is 6. The summed E-state index contributed by atoms with van der Waals surface area (Å²) in [6.07, 6.45) is 1.38. The van der Waals surface area contributed by atoms with E-state index in [-0.39, 0.29) is 5.91 Å². The molecule has 1 aromatic heterocycles. The molecule has 1 saturated heterocycles. The van der Waals surface area contributed by atoms with Crippen LogP contribution in [0.2, 0.25) is 0 Å². The van der Waals surface area contributed by atoms with E-state index in [9.17, 15) is 10.1 Å².